The number of halogens is 1. The quantitative estimate of drug-likeness (QED) is 0.591. The average Bonchev–Trinajstić information content (AvgIpc) is 3.16. The predicted molar refractivity (Wildman–Crippen MR) is 100 cm³/mol. The average molecular weight is 387 g/mol. The fourth-order valence-corrected chi connectivity index (χ4v) is 2.54. The molecule has 0 N–H and O–H groups in total. The second kappa shape index (κ2) is 9.14. The lowest BCUT2D eigenvalue weighted by molar-refractivity contribution is -0.130. The third-order valence-corrected chi connectivity index (χ3v) is 4.11. The molecule has 1 amide bonds. The van der Waals surface area contributed by atoms with Gasteiger partial charge in [0.05, 0.1) is 6.54 Å². The Kier molecular flexibility index (Phi) is 6.38. The van der Waals surface area contributed by atoms with E-state index in [-0.39, 0.29) is 12.3 Å². The molecule has 0 bridgehead atoms. The molecule has 3 rings (SSSR count). The van der Waals surface area contributed by atoms with E-state index < -0.39 is 0 Å². The van der Waals surface area contributed by atoms with E-state index in [1.54, 1.807) is 48.6 Å². The molecule has 0 unspecified atom stereocenters. The van der Waals surface area contributed by atoms with Gasteiger partial charge in [0.2, 0.25) is 17.6 Å². The first-order valence-electron chi connectivity index (χ1n) is 8.47. The SMILES string of the molecule is CN(CCOc1cccc(Cl)c1)C(=O)CCc1nc(-c2ccncc2)no1. The zero-order chi connectivity index (χ0) is 19.1. The van der Waals surface area contributed by atoms with E-state index in [0.717, 1.165) is 5.56 Å². The van der Waals surface area contributed by atoms with Crippen LogP contribution in [0.25, 0.3) is 11.4 Å². The molecule has 1 aromatic carbocycles. The van der Waals surface area contributed by atoms with Crippen LogP contribution in [0, 0.1) is 0 Å². The van der Waals surface area contributed by atoms with Crippen LogP contribution in [-0.2, 0) is 11.2 Å². The largest absolute Gasteiger partial charge is 0.492 e. The zero-order valence-electron chi connectivity index (χ0n) is 14.8. The Morgan fingerprint density at radius 2 is 2.07 bits per heavy atom. The van der Waals surface area contributed by atoms with Gasteiger partial charge in [0, 0.05) is 42.9 Å². The molecule has 0 spiro atoms. The standard InChI is InChI=1S/C19H19ClN4O3/c1-24(11-12-26-16-4-2-3-15(20)13-16)18(25)6-5-17-22-19(23-27-17)14-7-9-21-10-8-14/h2-4,7-10,13H,5-6,11-12H2,1H3. The van der Waals surface area contributed by atoms with Crippen molar-refractivity contribution < 1.29 is 14.1 Å². The van der Waals surface area contributed by atoms with Crippen LogP contribution >= 0.6 is 11.6 Å². The minimum atomic E-state index is -0.0200. The Hall–Kier alpha value is -2.93. The van der Waals surface area contributed by atoms with Crippen LogP contribution in [0.2, 0.25) is 5.02 Å². The maximum atomic E-state index is 12.2. The van der Waals surface area contributed by atoms with Crippen molar-refractivity contribution in [2.24, 2.45) is 0 Å². The molecule has 0 fully saturated rings. The summed E-state index contributed by atoms with van der Waals surface area (Å²) in [5.41, 5.74) is 0.821. The van der Waals surface area contributed by atoms with Crippen molar-refractivity contribution in [3.8, 4) is 17.1 Å². The number of nitrogens with zero attached hydrogens (tertiary/aromatic N) is 4. The van der Waals surface area contributed by atoms with Gasteiger partial charge in [0.15, 0.2) is 0 Å². The van der Waals surface area contributed by atoms with Crippen LogP contribution in [-0.4, -0.2) is 46.1 Å². The number of hydrogen-bond donors (Lipinski definition) is 0. The second-order valence-corrected chi connectivity index (χ2v) is 6.31. The summed E-state index contributed by atoms with van der Waals surface area (Å²) in [7, 11) is 1.74. The first kappa shape index (κ1) is 18.8. The molecule has 0 aliphatic rings. The molecule has 0 aliphatic carbocycles. The Bertz CT molecular complexity index is 885. The number of likely N-dealkylation sites (N-methyl/N-ethyl adjacent to an activating group) is 1. The lowest BCUT2D eigenvalue weighted by Gasteiger charge is -2.17. The number of hydrogen-bond acceptors (Lipinski definition) is 6. The molecule has 2 heterocycles. The summed E-state index contributed by atoms with van der Waals surface area (Å²) in [4.78, 5) is 22.1. The van der Waals surface area contributed by atoms with Gasteiger partial charge < -0.3 is 14.2 Å². The van der Waals surface area contributed by atoms with Crippen LogP contribution in [0.5, 0.6) is 5.75 Å². The lowest BCUT2D eigenvalue weighted by atomic mass is 10.2. The number of carbonyl (C=O) groups excluding carboxylic acids is 1. The van der Waals surface area contributed by atoms with Gasteiger partial charge in [-0.15, -0.1) is 0 Å². The smallest absolute Gasteiger partial charge is 0.227 e. The van der Waals surface area contributed by atoms with E-state index in [1.165, 1.54) is 0 Å². The van der Waals surface area contributed by atoms with Crippen molar-refractivity contribution >= 4 is 17.5 Å². The topological polar surface area (TPSA) is 81.4 Å². The first-order chi connectivity index (χ1) is 13.1. The predicted octanol–water partition coefficient (Wildman–Crippen LogP) is 3.26. The number of ether oxygens (including phenoxy) is 1. The van der Waals surface area contributed by atoms with Gasteiger partial charge in [0.25, 0.3) is 0 Å². The third kappa shape index (κ3) is 5.52. The fraction of sp³-hybridized carbons (Fsp3) is 0.263. The van der Waals surface area contributed by atoms with Crippen molar-refractivity contribution in [1.29, 1.82) is 0 Å². The Labute approximate surface area is 161 Å². The number of rotatable bonds is 8. The second-order valence-electron chi connectivity index (χ2n) is 5.87. The van der Waals surface area contributed by atoms with Gasteiger partial charge in [-0.05, 0) is 30.3 Å². The molecule has 0 saturated heterocycles. The van der Waals surface area contributed by atoms with Crippen molar-refractivity contribution in [1.82, 2.24) is 20.0 Å². The first-order valence-corrected chi connectivity index (χ1v) is 8.85. The van der Waals surface area contributed by atoms with Crippen LogP contribution in [0.1, 0.15) is 12.3 Å². The minimum absolute atomic E-state index is 0.0200. The number of aryl methyl sites for hydroxylation is 1. The molecule has 0 radical (unpaired) electrons. The van der Waals surface area contributed by atoms with Crippen molar-refractivity contribution in [3.63, 3.8) is 0 Å². The molecule has 7 nitrogen and oxygen atoms in total. The van der Waals surface area contributed by atoms with Gasteiger partial charge in [-0.1, -0.05) is 22.8 Å². The molecule has 140 valence electrons. The number of aromatic nitrogens is 3. The van der Waals surface area contributed by atoms with E-state index in [1.807, 2.05) is 12.1 Å². The lowest BCUT2D eigenvalue weighted by Crippen LogP contribution is -2.31. The van der Waals surface area contributed by atoms with E-state index in [4.69, 9.17) is 20.9 Å². The van der Waals surface area contributed by atoms with E-state index in [2.05, 4.69) is 15.1 Å². The number of benzene rings is 1. The highest BCUT2D eigenvalue weighted by molar-refractivity contribution is 6.30. The highest BCUT2D eigenvalue weighted by atomic mass is 35.5. The van der Waals surface area contributed by atoms with Crippen LogP contribution in [0.4, 0.5) is 0 Å². The number of amides is 1. The molecular formula is C19H19ClN4O3. The van der Waals surface area contributed by atoms with Gasteiger partial charge in [0.1, 0.15) is 12.4 Å². The summed E-state index contributed by atoms with van der Waals surface area (Å²) in [5.74, 6) is 1.58. The summed E-state index contributed by atoms with van der Waals surface area (Å²) < 4.78 is 10.8. The maximum Gasteiger partial charge on any atom is 0.227 e. The molecule has 27 heavy (non-hydrogen) atoms. The van der Waals surface area contributed by atoms with E-state index in [9.17, 15) is 4.79 Å². The van der Waals surface area contributed by atoms with Gasteiger partial charge in [-0.2, -0.15) is 4.98 Å². The zero-order valence-corrected chi connectivity index (χ0v) is 15.6. The summed E-state index contributed by atoms with van der Waals surface area (Å²) in [6, 6.07) is 10.8. The molecule has 0 saturated carbocycles. The molecule has 3 aromatic rings. The Balaban J connectivity index is 1.43. The highest BCUT2D eigenvalue weighted by Gasteiger charge is 2.13. The van der Waals surface area contributed by atoms with Crippen LogP contribution < -0.4 is 4.74 Å². The molecule has 8 heteroatoms. The summed E-state index contributed by atoms with van der Waals surface area (Å²) in [5, 5.41) is 4.54. The van der Waals surface area contributed by atoms with Gasteiger partial charge in [-0.25, -0.2) is 0 Å². The molecular weight excluding hydrogens is 368 g/mol. The Morgan fingerprint density at radius 3 is 2.85 bits per heavy atom. The number of pyridine rings is 1. The summed E-state index contributed by atoms with van der Waals surface area (Å²) in [6.45, 7) is 0.854. The van der Waals surface area contributed by atoms with E-state index >= 15 is 0 Å². The maximum absolute atomic E-state index is 12.2. The monoisotopic (exact) mass is 386 g/mol. The molecule has 0 atom stereocenters. The van der Waals surface area contributed by atoms with Crippen molar-refractivity contribution in [3.05, 3.63) is 59.7 Å². The van der Waals surface area contributed by atoms with Crippen molar-refractivity contribution in [2.75, 3.05) is 20.2 Å². The van der Waals surface area contributed by atoms with Crippen molar-refractivity contribution in [2.45, 2.75) is 12.8 Å². The van der Waals surface area contributed by atoms with Crippen LogP contribution in [0.15, 0.2) is 53.3 Å². The van der Waals surface area contributed by atoms with E-state index in [0.29, 0.717) is 42.1 Å². The molecule has 2 aromatic heterocycles. The van der Waals surface area contributed by atoms with Crippen LogP contribution in [0.3, 0.4) is 0 Å². The summed E-state index contributed by atoms with van der Waals surface area (Å²) in [6.07, 6.45) is 3.99. The Morgan fingerprint density at radius 1 is 1.26 bits per heavy atom. The fourth-order valence-electron chi connectivity index (χ4n) is 2.36. The van der Waals surface area contributed by atoms with Gasteiger partial charge in [-0.3, -0.25) is 9.78 Å². The highest BCUT2D eigenvalue weighted by Crippen LogP contribution is 2.17. The minimum Gasteiger partial charge on any atom is -0.492 e. The third-order valence-electron chi connectivity index (χ3n) is 3.88. The normalized spacial score (nSPS) is 10.6. The van der Waals surface area contributed by atoms with Gasteiger partial charge >= 0.3 is 0 Å². The number of carbonyl (C=O) groups is 1. The molecule has 0 aliphatic heterocycles. The summed E-state index contributed by atoms with van der Waals surface area (Å²) >= 11 is 5.91.